The van der Waals surface area contributed by atoms with Crippen LogP contribution in [0.5, 0.6) is 0 Å². The summed E-state index contributed by atoms with van der Waals surface area (Å²) in [6.45, 7) is 2.92. The Labute approximate surface area is 207 Å². The molecule has 198 valence electrons. The fraction of sp³-hybridized carbons (Fsp3) is 0.304. The number of carboxylic acids is 1. The molecule has 0 bridgehead atoms. The molecule has 1 aliphatic rings. The molecule has 4 rings (SSSR count). The van der Waals surface area contributed by atoms with E-state index in [1.807, 2.05) is 6.20 Å². The van der Waals surface area contributed by atoms with E-state index < -0.39 is 23.8 Å². The number of hydrogen-bond acceptors (Lipinski definition) is 6. The monoisotopic (exact) mass is 527 g/mol. The van der Waals surface area contributed by atoms with Gasteiger partial charge in [-0.3, -0.25) is 4.79 Å². The van der Waals surface area contributed by atoms with E-state index in [4.69, 9.17) is 14.6 Å². The van der Waals surface area contributed by atoms with Gasteiger partial charge in [-0.25, -0.2) is 23.5 Å². The lowest BCUT2D eigenvalue weighted by atomic mass is 10.2. The fourth-order valence-corrected chi connectivity index (χ4v) is 3.27. The lowest BCUT2D eigenvalue weighted by Gasteiger charge is -2.26. The highest BCUT2D eigenvalue weighted by Crippen LogP contribution is 2.22. The molecule has 1 fully saturated rings. The van der Waals surface area contributed by atoms with E-state index in [1.165, 1.54) is 6.07 Å². The van der Waals surface area contributed by atoms with Gasteiger partial charge in [0.1, 0.15) is 5.69 Å². The van der Waals surface area contributed by atoms with Gasteiger partial charge in [0.05, 0.1) is 13.2 Å². The van der Waals surface area contributed by atoms with Crippen molar-refractivity contribution in [3.8, 4) is 11.1 Å². The van der Waals surface area contributed by atoms with Gasteiger partial charge in [0, 0.05) is 56.4 Å². The van der Waals surface area contributed by atoms with Crippen LogP contribution in [0.15, 0.2) is 42.9 Å². The number of aliphatic carboxylic acids is 1. The smallest absolute Gasteiger partial charge is 0.475 e. The second-order valence-corrected chi connectivity index (χ2v) is 7.83. The van der Waals surface area contributed by atoms with Crippen molar-refractivity contribution in [2.45, 2.75) is 12.7 Å². The Morgan fingerprint density at radius 2 is 1.68 bits per heavy atom. The molecule has 9 nitrogen and oxygen atoms in total. The highest BCUT2D eigenvalue weighted by Gasteiger charge is 2.38. The number of carboxylic acid groups (broad SMARTS) is 1. The average molecular weight is 527 g/mol. The number of alkyl halides is 3. The summed E-state index contributed by atoms with van der Waals surface area (Å²) in [6, 6.07) is 5.29. The lowest BCUT2D eigenvalue weighted by Crippen LogP contribution is -2.37. The van der Waals surface area contributed by atoms with E-state index in [0.29, 0.717) is 30.4 Å². The Balaban J connectivity index is 0.000000479. The van der Waals surface area contributed by atoms with Gasteiger partial charge in [-0.05, 0) is 23.8 Å². The first-order valence-electron chi connectivity index (χ1n) is 10.8. The van der Waals surface area contributed by atoms with Gasteiger partial charge in [0.25, 0.3) is 5.91 Å². The summed E-state index contributed by atoms with van der Waals surface area (Å²) in [5.41, 5.74) is 2.51. The number of carbonyl (C=O) groups is 2. The third-order valence-electron chi connectivity index (χ3n) is 5.18. The summed E-state index contributed by atoms with van der Waals surface area (Å²) >= 11 is 0. The van der Waals surface area contributed by atoms with Gasteiger partial charge in [0.2, 0.25) is 5.95 Å². The summed E-state index contributed by atoms with van der Waals surface area (Å²) in [4.78, 5) is 32.4. The molecule has 0 saturated carbocycles. The summed E-state index contributed by atoms with van der Waals surface area (Å²) in [7, 11) is 1.76. The fourth-order valence-electron chi connectivity index (χ4n) is 3.27. The van der Waals surface area contributed by atoms with Crippen LogP contribution in [-0.2, 0) is 23.1 Å². The third kappa shape index (κ3) is 7.46. The van der Waals surface area contributed by atoms with Crippen LogP contribution in [0.4, 0.5) is 27.9 Å². The van der Waals surface area contributed by atoms with Crippen molar-refractivity contribution in [2.75, 3.05) is 31.2 Å². The van der Waals surface area contributed by atoms with E-state index in [9.17, 15) is 26.7 Å². The number of carbonyl (C=O) groups excluding carboxylic acids is 1. The minimum Gasteiger partial charge on any atom is -0.475 e. The molecule has 0 spiro atoms. The number of amides is 1. The topological polar surface area (TPSA) is 110 Å². The quantitative estimate of drug-likeness (QED) is 0.491. The summed E-state index contributed by atoms with van der Waals surface area (Å²) in [5, 5.41) is 9.85. The number of morpholine rings is 1. The number of nitrogens with one attached hydrogen (secondary N) is 1. The first-order chi connectivity index (χ1) is 17.5. The average Bonchev–Trinajstić information content (AvgIpc) is 3.26. The van der Waals surface area contributed by atoms with Gasteiger partial charge >= 0.3 is 12.1 Å². The zero-order valence-electron chi connectivity index (χ0n) is 19.4. The predicted octanol–water partition coefficient (Wildman–Crippen LogP) is 3.16. The maximum Gasteiger partial charge on any atom is 0.490 e. The summed E-state index contributed by atoms with van der Waals surface area (Å²) in [5.74, 6) is -4.28. The Morgan fingerprint density at radius 1 is 1.05 bits per heavy atom. The number of hydrogen-bond donors (Lipinski definition) is 2. The summed E-state index contributed by atoms with van der Waals surface area (Å²) in [6.07, 6.45) is 0.200. The minimum atomic E-state index is -5.08. The Bertz CT molecular complexity index is 1240. The highest BCUT2D eigenvalue weighted by atomic mass is 19.4. The molecule has 0 radical (unpaired) electrons. The van der Waals surface area contributed by atoms with Crippen molar-refractivity contribution in [1.29, 1.82) is 0 Å². The maximum atomic E-state index is 13.3. The van der Waals surface area contributed by atoms with Crippen molar-refractivity contribution in [3.05, 3.63) is 65.7 Å². The van der Waals surface area contributed by atoms with Crippen LogP contribution in [-0.4, -0.2) is 64.0 Å². The van der Waals surface area contributed by atoms with Gasteiger partial charge < -0.3 is 24.6 Å². The number of nitrogens with zero attached hydrogens (tertiary/aromatic N) is 4. The molecular formula is C23H22F5N5O4. The first kappa shape index (κ1) is 27.5. The third-order valence-corrected chi connectivity index (χ3v) is 5.18. The molecule has 3 aromatic rings. The Kier molecular flexibility index (Phi) is 8.76. The van der Waals surface area contributed by atoms with E-state index in [0.717, 1.165) is 36.3 Å². The van der Waals surface area contributed by atoms with Crippen molar-refractivity contribution < 1.29 is 41.4 Å². The van der Waals surface area contributed by atoms with Gasteiger partial charge in [-0.2, -0.15) is 13.2 Å². The molecule has 3 heterocycles. The number of ether oxygens (including phenoxy) is 1. The Hall–Kier alpha value is -4.07. The molecule has 1 aliphatic heterocycles. The molecule has 1 saturated heterocycles. The SMILES string of the molecule is Cn1cc(-c2cnc(N3CCOCC3)nc2)cc1C(=O)NCc1ccc(F)c(F)c1.O=C(O)C(F)(F)F. The van der Waals surface area contributed by atoms with E-state index >= 15 is 0 Å². The molecule has 1 amide bonds. The zero-order valence-corrected chi connectivity index (χ0v) is 19.4. The highest BCUT2D eigenvalue weighted by molar-refractivity contribution is 5.94. The number of aryl methyl sites for hydroxylation is 1. The van der Waals surface area contributed by atoms with Crippen LogP contribution in [0, 0.1) is 11.6 Å². The van der Waals surface area contributed by atoms with Crippen LogP contribution in [0.1, 0.15) is 16.1 Å². The molecule has 1 aromatic carbocycles. The largest absolute Gasteiger partial charge is 0.490 e. The maximum absolute atomic E-state index is 13.3. The summed E-state index contributed by atoms with van der Waals surface area (Å²) < 4.78 is 65.1. The zero-order chi connectivity index (χ0) is 27.2. The minimum absolute atomic E-state index is 0.0912. The van der Waals surface area contributed by atoms with Crippen LogP contribution < -0.4 is 10.2 Å². The Morgan fingerprint density at radius 3 is 2.24 bits per heavy atom. The van der Waals surface area contributed by atoms with Gasteiger partial charge in [-0.15, -0.1) is 0 Å². The van der Waals surface area contributed by atoms with Crippen molar-refractivity contribution in [2.24, 2.45) is 7.05 Å². The molecule has 2 N–H and O–H groups in total. The number of halogens is 5. The number of rotatable bonds is 5. The molecular weight excluding hydrogens is 505 g/mol. The molecule has 0 unspecified atom stereocenters. The van der Waals surface area contributed by atoms with Gasteiger partial charge in [0.15, 0.2) is 11.6 Å². The predicted molar refractivity (Wildman–Crippen MR) is 121 cm³/mol. The van der Waals surface area contributed by atoms with Crippen molar-refractivity contribution in [3.63, 3.8) is 0 Å². The van der Waals surface area contributed by atoms with Crippen LogP contribution in [0.25, 0.3) is 11.1 Å². The second kappa shape index (κ2) is 11.8. The second-order valence-electron chi connectivity index (χ2n) is 7.83. The molecule has 14 heteroatoms. The number of benzene rings is 1. The molecule has 0 aliphatic carbocycles. The van der Waals surface area contributed by atoms with E-state index in [1.54, 1.807) is 30.1 Å². The van der Waals surface area contributed by atoms with Crippen LogP contribution >= 0.6 is 0 Å². The van der Waals surface area contributed by atoms with E-state index in [2.05, 4.69) is 20.2 Å². The standard InChI is InChI=1S/C21H21F2N5O2.C2HF3O2/c1-27-13-15(16-11-25-21(26-12-16)28-4-6-30-7-5-28)9-19(27)20(29)24-10-14-2-3-17(22)18(23)8-14;3-2(4,5)1(6)7/h2-3,8-9,11-13H,4-7,10H2,1H3,(H,24,29);(H,6,7). The van der Waals surface area contributed by atoms with Gasteiger partial charge in [-0.1, -0.05) is 6.07 Å². The molecule has 0 atom stereocenters. The molecule has 37 heavy (non-hydrogen) atoms. The van der Waals surface area contributed by atoms with Crippen LogP contribution in [0.3, 0.4) is 0 Å². The first-order valence-corrected chi connectivity index (χ1v) is 10.8. The normalized spacial score (nSPS) is 13.5. The van der Waals surface area contributed by atoms with Crippen molar-refractivity contribution in [1.82, 2.24) is 19.9 Å². The van der Waals surface area contributed by atoms with E-state index in [-0.39, 0.29) is 12.5 Å². The number of aromatic nitrogens is 3. The lowest BCUT2D eigenvalue weighted by molar-refractivity contribution is -0.192. The molecule has 2 aromatic heterocycles. The van der Waals surface area contributed by atoms with Crippen molar-refractivity contribution >= 4 is 17.8 Å². The van der Waals surface area contributed by atoms with Crippen LogP contribution in [0.2, 0.25) is 0 Å². The number of anilines is 1.